The minimum absolute atomic E-state index is 0.592. The summed E-state index contributed by atoms with van der Waals surface area (Å²) in [6, 6.07) is 92.1. The highest BCUT2D eigenvalue weighted by Crippen LogP contribution is 2.45. The fourth-order valence-corrected chi connectivity index (χ4v) is 11.2. The normalized spacial score (nSPS) is 11.7. The number of para-hydroxylation sites is 2. The van der Waals surface area contributed by atoms with E-state index in [4.69, 9.17) is 19.4 Å². The maximum Gasteiger partial charge on any atom is 0.164 e. The van der Waals surface area contributed by atoms with Gasteiger partial charge in [0.25, 0.3) is 0 Å². The average Bonchev–Trinajstić information content (AvgIpc) is 4.19. The van der Waals surface area contributed by atoms with Gasteiger partial charge in [-0.05, 0) is 100 Å². The fourth-order valence-electron chi connectivity index (χ4n) is 11.2. The van der Waals surface area contributed by atoms with Gasteiger partial charge >= 0.3 is 0 Å². The van der Waals surface area contributed by atoms with Crippen LogP contribution in [0.25, 0.3) is 144 Å². The molecule has 350 valence electrons. The lowest BCUT2D eigenvalue weighted by Gasteiger charge is -2.12. The number of furan rings is 1. The van der Waals surface area contributed by atoms with Crippen LogP contribution in [0.2, 0.25) is 0 Å². The number of nitrogens with zero attached hydrogens (tertiary/aromatic N) is 5. The average molecular weight is 958 g/mol. The summed E-state index contributed by atoms with van der Waals surface area (Å²) in [5.74, 6) is 1.81. The predicted molar refractivity (Wildman–Crippen MR) is 308 cm³/mol. The predicted octanol–water partition coefficient (Wildman–Crippen LogP) is 18.0. The molecule has 15 aromatic rings. The van der Waals surface area contributed by atoms with Gasteiger partial charge in [0.1, 0.15) is 0 Å². The molecular weight excluding hydrogens is 915 g/mol. The highest BCUT2D eigenvalue weighted by atomic mass is 16.3. The van der Waals surface area contributed by atoms with Crippen LogP contribution in [0.4, 0.5) is 0 Å². The molecule has 0 atom stereocenters. The second-order valence-electron chi connectivity index (χ2n) is 19.1. The molecule has 6 nitrogen and oxygen atoms in total. The van der Waals surface area contributed by atoms with Crippen LogP contribution in [0.1, 0.15) is 0 Å². The second kappa shape index (κ2) is 17.3. The lowest BCUT2D eigenvalue weighted by Crippen LogP contribution is -2.01. The zero-order valence-corrected chi connectivity index (χ0v) is 40.5. The first-order valence-corrected chi connectivity index (χ1v) is 25.3. The summed E-state index contributed by atoms with van der Waals surface area (Å²) in [5, 5.41) is 6.73. The van der Waals surface area contributed by atoms with E-state index in [1.54, 1.807) is 0 Å². The SMILES string of the molecule is c1ccc(-c2ccc(-c3nc(-c4ccc(-n5c6ccccc6c6ccc7c8ccc9c%10ccccc%10n(-c%10cccc(-c%11ccccc%11)c%10)c9c8oc7c65)cc4)nc(-c4cccc(-c5ccccc5)c4)n3)cc2)cc1. The van der Waals surface area contributed by atoms with Crippen molar-refractivity contribution in [3.8, 4) is 78.9 Å². The van der Waals surface area contributed by atoms with Crippen molar-refractivity contribution in [2.45, 2.75) is 0 Å². The van der Waals surface area contributed by atoms with Gasteiger partial charge in [0.15, 0.2) is 28.6 Å². The third kappa shape index (κ3) is 7.07. The molecule has 0 aliphatic heterocycles. The van der Waals surface area contributed by atoms with Crippen molar-refractivity contribution in [1.82, 2.24) is 24.1 Å². The van der Waals surface area contributed by atoms with Crippen molar-refractivity contribution in [2.75, 3.05) is 0 Å². The van der Waals surface area contributed by atoms with E-state index in [1.807, 2.05) is 12.1 Å². The molecule has 0 radical (unpaired) electrons. The lowest BCUT2D eigenvalue weighted by atomic mass is 10.0. The van der Waals surface area contributed by atoms with Crippen molar-refractivity contribution < 1.29 is 4.42 Å². The maximum atomic E-state index is 7.38. The topological polar surface area (TPSA) is 61.7 Å². The van der Waals surface area contributed by atoms with Gasteiger partial charge in [0, 0.05) is 60.4 Å². The summed E-state index contributed by atoms with van der Waals surface area (Å²) in [7, 11) is 0. The van der Waals surface area contributed by atoms with Crippen LogP contribution < -0.4 is 0 Å². The van der Waals surface area contributed by atoms with Crippen LogP contribution >= 0.6 is 0 Å². The summed E-state index contributed by atoms with van der Waals surface area (Å²) >= 11 is 0. The molecule has 0 unspecified atom stereocenters. The second-order valence-corrected chi connectivity index (χ2v) is 19.1. The van der Waals surface area contributed by atoms with Crippen LogP contribution in [-0.4, -0.2) is 24.1 Å². The van der Waals surface area contributed by atoms with Crippen LogP contribution in [0.5, 0.6) is 0 Å². The highest BCUT2D eigenvalue weighted by Gasteiger charge is 2.24. The van der Waals surface area contributed by atoms with Gasteiger partial charge in [-0.1, -0.05) is 194 Å². The van der Waals surface area contributed by atoms with Gasteiger partial charge in [0.05, 0.1) is 22.1 Å². The van der Waals surface area contributed by atoms with E-state index in [0.29, 0.717) is 17.5 Å². The third-order valence-electron chi connectivity index (χ3n) is 14.8. The lowest BCUT2D eigenvalue weighted by molar-refractivity contribution is 0.673. The summed E-state index contributed by atoms with van der Waals surface area (Å²) in [6.07, 6.45) is 0. The first kappa shape index (κ1) is 42.5. The smallest absolute Gasteiger partial charge is 0.164 e. The Morgan fingerprint density at radius 2 is 0.613 bits per heavy atom. The monoisotopic (exact) mass is 957 g/mol. The van der Waals surface area contributed by atoms with Crippen LogP contribution in [0.3, 0.4) is 0 Å². The first-order chi connectivity index (χ1) is 37.2. The van der Waals surface area contributed by atoms with Crippen molar-refractivity contribution in [3.63, 3.8) is 0 Å². The Kier molecular flexibility index (Phi) is 9.78. The zero-order valence-electron chi connectivity index (χ0n) is 40.5. The molecule has 0 amide bonds. The van der Waals surface area contributed by atoms with Crippen molar-refractivity contribution in [3.05, 3.63) is 261 Å². The van der Waals surface area contributed by atoms with Gasteiger partial charge in [-0.25, -0.2) is 15.0 Å². The molecule has 0 fully saturated rings. The molecule has 0 saturated heterocycles. The van der Waals surface area contributed by atoms with Crippen LogP contribution in [0, 0.1) is 0 Å². The van der Waals surface area contributed by atoms with Crippen LogP contribution in [0.15, 0.2) is 265 Å². The molecule has 0 saturated carbocycles. The van der Waals surface area contributed by atoms with E-state index in [2.05, 4.69) is 258 Å². The number of benzene rings is 11. The number of hydrogen-bond acceptors (Lipinski definition) is 4. The fraction of sp³-hybridized carbons (Fsp3) is 0. The quantitative estimate of drug-likeness (QED) is 0.152. The molecule has 0 aliphatic carbocycles. The van der Waals surface area contributed by atoms with Crippen molar-refractivity contribution in [1.29, 1.82) is 0 Å². The summed E-state index contributed by atoms with van der Waals surface area (Å²) < 4.78 is 12.1. The van der Waals surface area contributed by atoms with E-state index in [-0.39, 0.29) is 0 Å². The number of hydrogen-bond donors (Lipinski definition) is 0. The largest absolute Gasteiger partial charge is 0.452 e. The Balaban J connectivity index is 0.893. The van der Waals surface area contributed by atoms with Crippen LogP contribution in [-0.2, 0) is 0 Å². The van der Waals surface area contributed by atoms with E-state index < -0.39 is 0 Å². The van der Waals surface area contributed by atoms with Crippen molar-refractivity contribution in [2.24, 2.45) is 0 Å². The van der Waals surface area contributed by atoms with Crippen molar-refractivity contribution >= 4 is 65.6 Å². The molecule has 0 spiro atoms. The number of fused-ring (bicyclic) bond motifs is 11. The first-order valence-electron chi connectivity index (χ1n) is 25.3. The molecular formula is C69H43N5O. The highest BCUT2D eigenvalue weighted by molar-refractivity contribution is 6.26. The van der Waals surface area contributed by atoms with Gasteiger partial charge in [0.2, 0.25) is 0 Å². The van der Waals surface area contributed by atoms with Gasteiger partial charge in [-0.3, -0.25) is 0 Å². The number of aromatic nitrogens is 5. The van der Waals surface area contributed by atoms with E-state index in [1.165, 1.54) is 10.9 Å². The zero-order chi connectivity index (χ0) is 49.4. The molecule has 11 aromatic carbocycles. The van der Waals surface area contributed by atoms with Gasteiger partial charge < -0.3 is 13.6 Å². The molecule has 0 bridgehead atoms. The molecule has 15 rings (SSSR count). The number of rotatable bonds is 8. The Labute approximate surface area is 431 Å². The van der Waals surface area contributed by atoms with Gasteiger partial charge in [-0.2, -0.15) is 0 Å². The van der Waals surface area contributed by atoms with E-state index >= 15 is 0 Å². The Hall–Kier alpha value is -10.2. The minimum atomic E-state index is 0.592. The molecule has 6 heteroatoms. The maximum absolute atomic E-state index is 7.38. The molecule has 0 aliphatic rings. The Morgan fingerprint density at radius 1 is 0.240 bits per heavy atom. The molecule has 4 heterocycles. The minimum Gasteiger partial charge on any atom is -0.452 e. The van der Waals surface area contributed by atoms with Gasteiger partial charge in [-0.15, -0.1) is 0 Å². The van der Waals surface area contributed by atoms with E-state index in [9.17, 15) is 0 Å². The summed E-state index contributed by atoms with van der Waals surface area (Å²) in [6.45, 7) is 0. The standard InChI is InChI=1S/C69H43N5O/c1-4-16-44(17-5-1)47-30-32-48(33-31-47)67-70-68(72-69(71-67)52-24-14-22-50(42-52)45-18-6-2-7-19-45)49-34-36-53(37-35-49)73-61-28-12-10-26-55(61)57-38-40-59-60-41-39-58-56-27-11-13-29-62(56)74(64(58)66(60)75-65(59)63(57)73)54-25-15-23-51(43-54)46-20-8-3-9-21-46/h1-43H. The molecule has 0 N–H and O–H groups in total. The molecule has 4 aromatic heterocycles. The third-order valence-corrected chi connectivity index (χ3v) is 14.8. The Morgan fingerprint density at radius 3 is 1.16 bits per heavy atom. The van der Waals surface area contributed by atoms with E-state index in [0.717, 1.165) is 116 Å². The Bertz CT molecular complexity index is 4670. The summed E-state index contributed by atoms with van der Waals surface area (Å²) in [5.41, 5.74) is 17.6. The molecule has 75 heavy (non-hydrogen) atoms. The summed E-state index contributed by atoms with van der Waals surface area (Å²) in [4.78, 5) is 15.5.